The van der Waals surface area contributed by atoms with Crippen LogP contribution in [0.15, 0.2) is 23.6 Å². The van der Waals surface area contributed by atoms with Gasteiger partial charge < -0.3 is 5.32 Å². The molecule has 3 rings (SSSR count). The van der Waals surface area contributed by atoms with E-state index in [1.807, 2.05) is 23.5 Å². The summed E-state index contributed by atoms with van der Waals surface area (Å²) in [7, 11) is 0. The van der Waals surface area contributed by atoms with E-state index in [4.69, 9.17) is 11.6 Å². The van der Waals surface area contributed by atoms with Crippen molar-refractivity contribution >= 4 is 28.8 Å². The van der Waals surface area contributed by atoms with E-state index in [2.05, 4.69) is 33.6 Å². The molecule has 106 valence electrons. The lowest BCUT2D eigenvalue weighted by atomic mass is 10.1. The molecule has 0 aliphatic carbocycles. The van der Waals surface area contributed by atoms with Gasteiger partial charge in [-0.3, -0.25) is 4.90 Å². The molecular weight excluding hydrogens is 290 g/mol. The summed E-state index contributed by atoms with van der Waals surface area (Å²) in [5, 5.41) is 6.18. The van der Waals surface area contributed by atoms with Gasteiger partial charge in [-0.05, 0) is 42.5 Å². The van der Waals surface area contributed by atoms with Gasteiger partial charge in [-0.15, -0.1) is 11.3 Å². The standard InChI is InChI=1S/C15H18ClN3S/c1-2-17-15-4-3-12(16)13(18-15)10-19-7-5-14-11(9-19)6-8-20-14/h3-4,6,8H,2,5,7,9-10H2,1H3,(H,17,18). The summed E-state index contributed by atoms with van der Waals surface area (Å²) in [5.74, 6) is 0.903. The van der Waals surface area contributed by atoms with Gasteiger partial charge in [-0.1, -0.05) is 11.6 Å². The summed E-state index contributed by atoms with van der Waals surface area (Å²) in [5.41, 5.74) is 2.42. The molecule has 0 bridgehead atoms. The van der Waals surface area contributed by atoms with Crippen molar-refractivity contribution < 1.29 is 0 Å². The maximum atomic E-state index is 6.28. The highest BCUT2D eigenvalue weighted by Crippen LogP contribution is 2.26. The van der Waals surface area contributed by atoms with Gasteiger partial charge in [0.2, 0.25) is 0 Å². The summed E-state index contributed by atoms with van der Waals surface area (Å²) < 4.78 is 0. The van der Waals surface area contributed by atoms with Gasteiger partial charge in [-0.25, -0.2) is 4.98 Å². The Morgan fingerprint density at radius 3 is 3.15 bits per heavy atom. The first-order chi connectivity index (χ1) is 9.76. The zero-order chi connectivity index (χ0) is 13.9. The number of pyridine rings is 1. The van der Waals surface area contributed by atoms with Gasteiger partial charge in [0.25, 0.3) is 0 Å². The molecule has 1 aliphatic heterocycles. The number of hydrogen-bond donors (Lipinski definition) is 1. The fraction of sp³-hybridized carbons (Fsp3) is 0.400. The van der Waals surface area contributed by atoms with Gasteiger partial charge in [0.05, 0.1) is 10.7 Å². The number of nitrogens with one attached hydrogen (secondary N) is 1. The lowest BCUT2D eigenvalue weighted by Crippen LogP contribution is -2.29. The Labute approximate surface area is 128 Å². The number of nitrogens with zero attached hydrogens (tertiary/aromatic N) is 2. The predicted octanol–water partition coefficient (Wildman–Crippen LogP) is 3.79. The molecule has 0 amide bonds. The third-order valence-electron chi connectivity index (χ3n) is 3.54. The highest BCUT2D eigenvalue weighted by Gasteiger charge is 2.18. The van der Waals surface area contributed by atoms with Crippen LogP contribution in [0, 0.1) is 0 Å². The highest BCUT2D eigenvalue weighted by molar-refractivity contribution is 7.10. The van der Waals surface area contributed by atoms with E-state index in [0.717, 1.165) is 49.1 Å². The SMILES string of the molecule is CCNc1ccc(Cl)c(CN2CCc3sccc3C2)n1. The van der Waals surface area contributed by atoms with Crippen molar-refractivity contribution in [3.63, 3.8) is 0 Å². The Morgan fingerprint density at radius 2 is 2.30 bits per heavy atom. The molecule has 0 atom stereocenters. The van der Waals surface area contributed by atoms with Crippen LogP contribution in [0.1, 0.15) is 23.1 Å². The Bertz CT molecular complexity index is 597. The number of anilines is 1. The van der Waals surface area contributed by atoms with Crippen LogP contribution in [0.5, 0.6) is 0 Å². The molecule has 0 spiro atoms. The van der Waals surface area contributed by atoms with E-state index in [-0.39, 0.29) is 0 Å². The van der Waals surface area contributed by atoms with Crippen LogP contribution < -0.4 is 5.32 Å². The topological polar surface area (TPSA) is 28.2 Å². The van der Waals surface area contributed by atoms with E-state index in [9.17, 15) is 0 Å². The Hall–Kier alpha value is -1.10. The number of hydrogen-bond acceptors (Lipinski definition) is 4. The van der Waals surface area contributed by atoms with Crippen LogP contribution in [0.2, 0.25) is 5.02 Å². The number of aromatic nitrogens is 1. The zero-order valence-corrected chi connectivity index (χ0v) is 13.1. The number of halogens is 1. The second kappa shape index (κ2) is 6.12. The monoisotopic (exact) mass is 307 g/mol. The minimum absolute atomic E-state index is 0.753. The molecule has 0 radical (unpaired) electrons. The van der Waals surface area contributed by atoms with Gasteiger partial charge in [0, 0.05) is 31.1 Å². The molecule has 20 heavy (non-hydrogen) atoms. The van der Waals surface area contributed by atoms with Crippen molar-refractivity contribution in [1.82, 2.24) is 9.88 Å². The lowest BCUT2D eigenvalue weighted by molar-refractivity contribution is 0.245. The molecule has 3 nitrogen and oxygen atoms in total. The van der Waals surface area contributed by atoms with Crippen molar-refractivity contribution in [1.29, 1.82) is 0 Å². The molecule has 2 aromatic heterocycles. The first-order valence-electron chi connectivity index (χ1n) is 6.93. The lowest BCUT2D eigenvalue weighted by Gasteiger charge is -2.26. The van der Waals surface area contributed by atoms with E-state index in [1.165, 1.54) is 10.4 Å². The predicted molar refractivity (Wildman–Crippen MR) is 85.5 cm³/mol. The molecule has 2 aromatic rings. The minimum atomic E-state index is 0.753. The van der Waals surface area contributed by atoms with Gasteiger partial charge >= 0.3 is 0 Å². The zero-order valence-electron chi connectivity index (χ0n) is 11.5. The van der Waals surface area contributed by atoms with Crippen LogP contribution in [-0.2, 0) is 19.5 Å². The first-order valence-corrected chi connectivity index (χ1v) is 8.19. The molecular formula is C15H18ClN3S. The summed E-state index contributed by atoms with van der Waals surface area (Å²) >= 11 is 8.15. The third-order valence-corrected chi connectivity index (χ3v) is 4.90. The molecule has 1 aliphatic rings. The van der Waals surface area contributed by atoms with Crippen LogP contribution in [0.3, 0.4) is 0 Å². The van der Waals surface area contributed by atoms with Crippen molar-refractivity contribution in [3.05, 3.63) is 44.7 Å². The van der Waals surface area contributed by atoms with Crippen molar-refractivity contribution in [2.45, 2.75) is 26.4 Å². The summed E-state index contributed by atoms with van der Waals surface area (Å²) in [4.78, 5) is 8.56. The Balaban J connectivity index is 1.73. The van der Waals surface area contributed by atoms with Gasteiger partial charge in [0.15, 0.2) is 0 Å². The normalized spacial score (nSPS) is 15.1. The van der Waals surface area contributed by atoms with E-state index >= 15 is 0 Å². The molecule has 0 unspecified atom stereocenters. The molecule has 5 heteroatoms. The average molecular weight is 308 g/mol. The third kappa shape index (κ3) is 2.97. The number of thiophene rings is 1. The summed E-state index contributed by atoms with van der Waals surface area (Å²) in [6.45, 7) is 5.83. The second-order valence-corrected chi connectivity index (χ2v) is 6.39. The molecule has 0 aromatic carbocycles. The Morgan fingerprint density at radius 1 is 1.40 bits per heavy atom. The summed E-state index contributed by atoms with van der Waals surface area (Å²) in [6, 6.07) is 6.10. The molecule has 0 fully saturated rings. The molecule has 1 N–H and O–H groups in total. The van der Waals surface area contributed by atoms with Crippen molar-refractivity contribution in [2.24, 2.45) is 0 Å². The molecule has 0 saturated carbocycles. The van der Waals surface area contributed by atoms with Crippen LogP contribution in [0.25, 0.3) is 0 Å². The highest BCUT2D eigenvalue weighted by atomic mass is 35.5. The first kappa shape index (κ1) is 13.9. The number of fused-ring (bicyclic) bond motifs is 1. The van der Waals surface area contributed by atoms with Crippen LogP contribution in [0.4, 0.5) is 5.82 Å². The quantitative estimate of drug-likeness (QED) is 0.931. The fourth-order valence-electron chi connectivity index (χ4n) is 2.53. The van der Waals surface area contributed by atoms with Gasteiger partial charge in [0.1, 0.15) is 5.82 Å². The average Bonchev–Trinajstić information content (AvgIpc) is 2.90. The largest absolute Gasteiger partial charge is 0.370 e. The van der Waals surface area contributed by atoms with Crippen LogP contribution >= 0.6 is 22.9 Å². The molecule has 0 saturated heterocycles. The second-order valence-electron chi connectivity index (χ2n) is 4.99. The van der Waals surface area contributed by atoms with Crippen molar-refractivity contribution in [2.75, 3.05) is 18.4 Å². The summed E-state index contributed by atoms with van der Waals surface area (Å²) in [6.07, 6.45) is 1.14. The molecule has 3 heterocycles. The van der Waals surface area contributed by atoms with E-state index in [0.29, 0.717) is 0 Å². The Kier molecular flexibility index (Phi) is 4.24. The minimum Gasteiger partial charge on any atom is -0.370 e. The van der Waals surface area contributed by atoms with Gasteiger partial charge in [-0.2, -0.15) is 0 Å². The number of rotatable bonds is 4. The van der Waals surface area contributed by atoms with Crippen LogP contribution in [-0.4, -0.2) is 23.0 Å². The maximum Gasteiger partial charge on any atom is 0.126 e. The van der Waals surface area contributed by atoms with E-state index < -0.39 is 0 Å². The van der Waals surface area contributed by atoms with E-state index in [1.54, 1.807) is 0 Å². The maximum absolute atomic E-state index is 6.28. The smallest absolute Gasteiger partial charge is 0.126 e. The van der Waals surface area contributed by atoms with Crippen molar-refractivity contribution in [3.8, 4) is 0 Å². The fourth-order valence-corrected chi connectivity index (χ4v) is 3.58.